The van der Waals surface area contributed by atoms with Crippen LogP contribution in [0.5, 0.6) is 5.75 Å². The number of amides is 1. The molecule has 0 bridgehead atoms. The number of pyridine rings is 1. The van der Waals surface area contributed by atoms with Gasteiger partial charge in [-0.1, -0.05) is 23.8 Å². The van der Waals surface area contributed by atoms with Gasteiger partial charge >= 0.3 is 0 Å². The van der Waals surface area contributed by atoms with E-state index in [0.29, 0.717) is 5.56 Å². The van der Waals surface area contributed by atoms with Crippen LogP contribution in [-0.2, 0) is 6.54 Å². The average Bonchev–Trinajstić information content (AvgIpc) is 2.62. The first-order chi connectivity index (χ1) is 12.0. The van der Waals surface area contributed by atoms with Crippen molar-refractivity contribution in [2.45, 2.75) is 13.5 Å². The van der Waals surface area contributed by atoms with Crippen molar-refractivity contribution in [3.63, 3.8) is 0 Å². The molecule has 0 saturated heterocycles. The van der Waals surface area contributed by atoms with E-state index in [1.165, 1.54) is 0 Å². The molecule has 1 amide bonds. The number of aryl methyl sites for hydroxylation is 1. The number of aromatic amines is 1. The molecule has 0 atom stereocenters. The molecule has 0 aliphatic heterocycles. The van der Waals surface area contributed by atoms with Gasteiger partial charge in [-0.05, 0) is 30.7 Å². The molecular weight excluding hydrogens is 320 g/mol. The van der Waals surface area contributed by atoms with Gasteiger partial charge < -0.3 is 15.4 Å². The molecule has 2 aromatic heterocycles. The van der Waals surface area contributed by atoms with E-state index in [4.69, 9.17) is 0 Å². The van der Waals surface area contributed by atoms with Crippen LogP contribution < -0.4 is 10.9 Å². The van der Waals surface area contributed by atoms with E-state index in [-0.39, 0.29) is 18.1 Å². The van der Waals surface area contributed by atoms with E-state index in [2.05, 4.69) is 20.3 Å². The number of hydrogen-bond donors (Lipinski definition) is 3. The van der Waals surface area contributed by atoms with Gasteiger partial charge in [0, 0.05) is 24.5 Å². The van der Waals surface area contributed by atoms with Gasteiger partial charge in [-0.15, -0.1) is 0 Å². The van der Waals surface area contributed by atoms with E-state index in [0.717, 1.165) is 11.1 Å². The Morgan fingerprint density at radius 3 is 2.72 bits per heavy atom. The minimum Gasteiger partial charge on any atom is -0.501 e. The molecular formula is C18H16N4O3. The van der Waals surface area contributed by atoms with Crippen molar-refractivity contribution in [2.75, 3.05) is 0 Å². The fraction of sp³-hybridized carbons (Fsp3) is 0.111. The topological polar surface area (TPSA) is 108 Å². The van der Waals surface area contributed by atoms with Gasteiger partial charge in [0.05, 0.1) is 0 Å². The lowest BCUT2D eigenvalue weighted by atomic mass is 10.1. The third-order valence-corrected chi connectivity index (χ3v) is 3.60. The van der Waals surface area contributed by atoms with Crippen LogP contribution >= 0.6 is 0 Å². The van der Waals surface area contributed by atoms with E-state index >= 15 is 0 Å². The van der Waals surface area contributed by atoms with Gasteiger partial charge in [0.25, 0.3) is 11.5 Å². The SMILES string of the molecule is Cc1cccc(-c2nc(C(=O)NCc3ccncc3)c(O)c(=O)[nH]2)c1. The van der Waals surface area contributed by atoms with Crippen LogP contribution in [0.25, 0.3) is 11.4 Å². The number of rotatable bonds is 4. The second-order valence-electron chi connectivity index (χ2n) is 5.52. The first kappa shape index (κ1) is 16.4. The molecule has 0 spiro atoms. The lowest BCUT2D eigenvalue weighted by Crippen LogP contribution is -2.26. The zero-order valence-electron chi connectivity index (χ0n) is 13.5. The van der Waals surface area contributed by atoms with Gasteiger partial charge in [0.1, 0.15) is 5.82 Å². The molecule has 7 heteroatoms. The van der Waals surface area contributed by atoms with Crippen molar-refractivity contribution < 1.29 is 9.90 Å². The summed E-state index contributed by atoms with van der Waals surface area (Å²) in [5.74, 6) is -1.11. The molecule has 0 radical (unpaired) electrons. The van der Waals surface area contributed by atoms with Gasteiger partial charge in [0.15, 0.2) is 5.69 Å². The predicted octanol–water partition coefficient (Wildman–Crippen LogP) is 1.78. The number of nitrogens with zero attached hydrogens (tertiary/aromatic N) is 2. The quantitative estimate of drug-likeness (QED) is 0.673. The zero-order chi connectivity index (χ0) is 17.8. The highest BCUT2D eigenvalue weighted by Gasteiger charge is 2.18. The van der Waals surface area contributed by atoms with Crippen LogP contribution in [0, 0.1) is 6.92 Å². The minimum absolute atomic E-state index is 0.223. The maximum Gasteiger partial charge on any atom is 0.294 e. The fourth-order valence-electron chi connectivity index (χ4n) is 2.32. The second kappa shape index (κ2) is 6.96. The van der Waals surface area contributed by atoms with Crippen molar-refractivity contribution in [1.82, 2.24) is 20.3 Å². The Bertz CT molecular complexity index is 968. The lowest BCUT2D eigenvalue weighted by Gasteiger charge is -2.08. The summed E-state index contributed by atoms with van der Waals surface area (Å²) in [5, 5.41) is 12.5. The fourth-order valence-corrected chi connectivity index (χ4v) is 2.32. The summed E-state index contributed by atoms with van der Waals surface area (Å²) >= 11 is 0. The molecule has 3 rings (SSSR count). The minimum atomic E-state index is -0.763. The van der Waals surface area contributed by atoms with Crippen molar-refractivity contribution >= 4 is 5.91 Å². The van der Waals surface area contributed by atoms with Gasteiger partial charge in [-0.2, -0.15) is 0 Å². The standard InChI is InChI=1S/C18H16N4O3/c1-11-3-2-4-13(9-11)16-21-14(15(23)18(25)22-16)17(24)20-10-12-5-7-19-8-6-12/h2-9,23H,10H2,1H3,(H,20,24)(H,21,22,25). The van der Waals surface area contributed by atoms with E-state index in [9.17, 15) is 14.7 Å². The summed E-state index contributed by atoms with van der Waals surface area (Å²) in [7, 11) is 0. The monoisotopic (exact) mass is 336 g/mol. The number of aromatic hydroxyl groups is 1. The Morgan fingerprint density at radius 2 is 2.00 bits per heavy atom. The predicted molar refractivity (Wildman–Crippen MR) is 92.1 cm³/mol. The third kappa shape index (κ3) is 3.72. The highest BCUT2D eigenvalue weighted by Crippen LogP contribution is 2.18. The summed E-state index contributed by atoms with van der Waals surface area (Å²) in [6.45, 7) is 2.14. The molecule has 3 aromatic rings. The summed E-state index contributed by atoms with van der Waals surface area (Å²) in [6.07, 6.45) is 3.22. The molecule has 0 aliphatic rings. The average molecular weight is 336 g/mol. The van der Waals surface area contributed by atoms with Crippen LogP contribution in [-0.4, -0.2) is 26.0 Å². The molecule has 1 aromatic carbocycles. The van der Waals surface area contributed by atoms with E-state index < -0.39 is 17.2 Å². The first-order valence-corrected chi connectivity index (χ1v) is 7.62. The van der Waals surface area contributed by atoms with Gasteiger partial charge in [-0.3, -0.25) is 14.6 Å². The van der Waals surface area contributed by atoms with Crippen molar-refractivity contribution in [1.29, 1.82) is 0 Å². The molecule has 0 unspecified atom stereocenters. The number of carbonyl (C=O) groups is 1. The van der Waals surface area contributed by atoms with Gasteiger partial charge in [0.2, 0.25) is 5.75 Å². The number of hydrogen-bond acceptors (Lipinski definition) is 5. The summed E-state index contributed by atoms with van der Waals surface area (Å²) in [5.41, 5.74) is 1.40. The molecule has 0 saturated carbocycles. The number of benzene rings is 1. The van der Waals surface area contributed by atoms with Crippen molar-refractivity contribution in [3.8, 4) is 17.1 Å². The molecule has 0 fully saturated rings. The molecule has 0 aliphatic carbocycles. The van der Waals surface area contributed by atoms with Crippen LogP contribution in [0.3, 0.4) is 0 Å². The second-order valence-corrected chi connectivity index (χ2v) is 5.52. The van der Waals surface area contributed by atoms with E-state index in [1.807, 2.05) is 25.1 Å². The van der Waals surface area contributed by atoms with Crippen LogP contribution in [0.2, 0.25) is 0 Å². The lowest BCUT2D eigenvalue weighted by molar-refractivity contribution is 0.0942. The number of nitrogens with one attached hydrogen (secondary N) is 2. The van der Waals surface area contributed by atoms with Crippen LogP contribution in [0.1, 0.15) is 21.6 Å². The van der Waals surface area contributed by atoms with Crippen LogP contribution in [0.4, 0.5) is 0 Å². The molecule has 7 nitrogen and oxygen atoms in total. The molecule has 25 heavy (non-hydrogen) atoms. The normalized spacial score (nSPS) is 10.4. The summed E-state index contributed by atoms with van der Waals surface area (Å²) in [4.78, 5) is 34.8. The number of aromatic nitrogens is 3. The van der Waals surface area contributed by atoms with Gasteiger partial charge in [-0.25, -0.2) is 4.98 Å². The highest BCUT2D eigenvalue weighted by molar-refractivity contribution is 5.95. The zero-order valence-corrected chi connectivity index (χ0v) is 13.5. The summed E-state index contributed by atoms with van der Waals surface area (Å²) < 4.78 is 0. The smallest absolute Gasteiger partial charge is 0.294 e. The Balaban J connectivity index is 1.90. The third-order valence-electron chi connectivity index (χ3n) is 3.60. The first-order valence-electron chi connectivity index (χ1n) is 7.62. The molecule has 2 heterocycles. The number of carbonyl (C=O) groups excluding carboxylic acids is 1. The van der Waals surface area contributed by atoms with Crippen molar-refractivity contribution in [3.05, 3.63) is 76.0 Å². The summed E-state index contributed by atoms with van der Waals surface area (Å²) in [6, 6.07) is 10.8. The Kier molecular flexibility index (Phi) is 4.56. The maximum absolute atomic E-state index is 12.3. The van der Waals surface area contributed by atoms with E-state index in [1.54, 1.807) is 30.6 Å². The maximum atomic E-state index is 12.3. The molecule has 126 valence electrons. The van der Waals surface area contributed by atoms with Crippen LogP contribution in [0.15, 0.2) is 53.6 Å². The largest absolute Gasteiger partial charge is 0.501 e. The molecule has 3 N–H and O–H groups in total. The number of H-pyrrole nitrogens is 1. The Hall–Kier alpha value is -3.48. The highest BCUT2D eigenvalue weighted by atomic mass is 16.3. The Labute approximate surface area is 143 Å². The Morgan fingerprint density at radius 1 is 1.24 bits per heavy atom. The van der Waals surface area contributed by atoms with Crippen molar-refractivity contribution in [2.24, 2.45) is 0 Å².